The minimum atomic E-state index is 0.448. The van der Waals surface area contributed by atoms with Crippen molar-refractivity contribution in [2.45, 2.75) is 32.4 Å². The molecule has 0 bridgehead atoms. The van der Waals surface area contributed by atoms with Crippen LogP contribution in [-0.4, -0.2) is 30.6 Å². The zero-order chi connectivity index (χ0) is 14.2. The van der Waals surface area contributed by atoms with E-state index < -0.39 is 0 Å². The first kappa shape index (κ1) is 14.4. The van der Waals surface area contributed by atoms with Crippen molar-refractivity contribution in [1.29, 1.82) is 0 Å². The lowest BCUT2D eigenvalue weighted by Gasteiger charge is -2.16. The number of ether oxygens (including phenoxy) is 1. The number of aromatic nitrogens is 1. The predicted molar refractivity (Wildman–Crippen MR) is 80.9 cm³/mol. The minimum absolute atomic E-state index is 0.448. The second kappa shape index (κ2) is 7.53. The molecule has 1 aromatic rings. The fourth-order valence-electron chi connectivity index (χ4n) is 2.14. The van der Waals surface area contributed by atoms with E-state index in [1.165, 1.54) is 0 Å². The standard InChI is InChI=1S/C15H22N4O/c1-3-16-15(19-13-8-4-5-9-13)18-11-12-7-6-10-17-14(12)20-2/h4-7,10,13H,3,8-9,11H2,1-2H3,(H2,16,18,19). The van der Waals surface area contributed by atoms with Crippen LogP contribution < -0.4 is 15.4 Å². The lowest BCUT2D eigenvalue weighted by atomic mass is 10.2. The lowest BCUT2D eigenvalue weighted by Crippen LogP contribution is -2.42. The van der Waals surface area contributed by atoms with E-state index in [0.29, 0.717) is 18.5 Å². The van der Waals surface area contributed by atoms with Crippen molar-refractivity contribution in [3.8, 4) is 5.88 Å². The van der Waals surface area contributed by atoms with Crippen molar-refractivity contribution >= 4 is 5.96 Å². The number of nitrogens with zero attached hydrogens (tertiary/aromatic N) is 2. The molecule has 5 nitrogen and oxygen atoms in total. The van der Waals surface area contributed by atoms with Gasteiger partial charge in [-0.05, 0) is 25.8 Å². The van der Waals surface area contributed by atoms with Gasteiger partial charge in [-0.2, -0.15) is 0 Å². The monoisotopic (exact) mass is 274 g/mol. The Bertz CT molecular complexity index is 477. The molecule has 2 N–H and O–H groups in total. The van der Waals surface area contributed by atoms with Gasteiger partial charge in [0.05, 0.1) is 13.7 Å². The summed E-state index contributed by atoms with van der Waals surface area (Å²) in [5.74, 6) is 1.47. The second-order valence-electron chi connectivity index (χ2n) is 4.65. The molecule has 2 rings (SSSR count). The van der Waals surface area contributed by atoms with Gasteiger partial charge in [-0.15, -0.1) is 0 Å². The topological polar surface area (TPSA) is 58.5 Å². The minimum Gasteiger partial charge on any atom is -0.481 e. The smallest absolute Gasteiger partial charge is 0.218 e. The quantitative estimate of drug-likeness (QED) is 0.489. The number of aliphatic imine (C=N–C) groups is 1. The van der Waals surface area contributed by atoms with Gasteiger partial charge >= 0.3 is 0 Å². The van der Waals surface area contributed by atoms with Crippen molar-refractivity contribution in [2.75, 3.05) is 13.7 Å². The molecule has 0 radical (unpaired) electrons. The lowest BCUT2D eigenvalue weighted by molar-refractivity contribution is 0.392. The third-order valence-electron chi connectivity index (χ3n) is 3.14. The van der Waals surface area contributed by atoms with Gasteiger partial charge in [0.25, 0.3) is 0 Å². The molecule has 20 heavy (non-hydrogen) atoms. The molecule has 0 spiro atoms. The Balaban J connectivity index is 2.00. The van der Waals surface area contributed by atoms with Crippen molar-refractivity contribution in [1.82, 2.24) is 15.6 Å². The molecule has 108 valence electrons. The molecule has 0 aliphatic heterocycles. The summed E-state index contributed by atoms with van der Waals surface area (Å²) in [5, 5.41) is 6.71. The maximum Gasteiger partial charge on any atom is 0.218 e. The van der Waals surface area contributed by atoms with E-state index in [1.54, 1.807) is 13.3 Å². The summed E-state index contributed by atoms with van der Waals surface area (Å²) in [6.07, 6.45) is 8.23. The van der Waals surface area contributed by atoms with E-state index in [2.05, 4.69) is 39.7 Å². The van der Waals surface area contributed by atoms with Crippen LogP contribution in [-0.2, 0) is 6.54 Å². The van der Waals surface area contributed by atoms with E-state index in [1.807, 2.05) is 12.1 Å². The van der Waals surface area contributed by atoms with Gasteiger partial charge < -0.3 is 15.4 Å². The Morgan fingerprint density at radius 2 is 2.25 bits per heavy atom. The first-order valence-electron chi connectivity index (χ1n) is 7.01. The van der Waals surface area contributed by atoms with Gasteiger partial charge in [0.15, 0.2) is 5.96 Å². The van der Waals surface area contributed by atoms with E-state index in [0.717, 1.165) is 30.9 Å². The van der Waals surface area contributed by atoms with Crippen LogP contribution in [0.4, 0.5) is 0 Å². The highest BCUT2D eigenvalue weighted by molar-refractivity contribution is 5.80. The maximum atomic E-state index is 5.24. The second-order valence-corrected chi connectivity index (χ2v) is 4.65. The zero-order valence-electron chi connectivity index (χ0n) is 12.1. The SMILES string of the molecule is CCNC(=NCc1cccnc1OC)NC1CC=CC1. The number of pyridine rings is 1. The summed E-state index contributed by atoms with van der Waals surface area (Å²) >= 11 is 0. The molecule has 0 unspecified atom stereocenters. The van der Waals surface area contributed by atoms with Crippen molar-refractivity contribution in [3.05, 3.63) is 36.0 Å². The molecule has 1 heterocycles. The van der Waals surface area contributed by atoms with Crippen LogP contribution in [0.15, 0.2) is 35.5 Å². The normalized spacial score (nSPS) is 15.4. The summed E-state index contributed by atoms with van der Waals surface area (Å²) in [6, 6.07) is 4.33. The number of methoxy groups -OCH3 is 1. The van der Waals surface area contributed by atoms with Crippen molar-refractivity contribution in [2.24, 2.45) is 4.99 Å². The van der Waals surface area contributed by atoms with Gasteiger partial charge in [0.1, 0.15) is 0 Å². The molecule has 1 aromatic heterocycles. The Hall–Kier alpha value is -2.04. The highest BCUT2D eigenvalue weighted by Crippen LogP contribution is 2.14. The maximum absolute atomic E-state index is 5.24. The largest absolute Gasteiger partial charge is 0.481 e. The molecule has 0 fully saturated rings. The van der Waals surface area contributed by atoms with Gasteiger partial charge in [-0.1, -0.05) is 18.2 Å². The first-order valence-corrected chi connectivity index (χ1v) is 7.01. The Labute approximate surface area is 120 Å². The van der Waals surface area contributed by atoms with Gasteiger partial charge in [-0.3, -0.25) is 0 Å². The number of rotatable bonds is 5. The van der Waals surface area contributed by atoms with Crippen LogP contribution >= 0.6 is 0 Å². The van der Waals surface area contributed by atoms with Crippen LogP contribution in [0.2, 0.25) is 0 Å². The number of hydrogen-bond donors (Lipinski definition) is 2. The molecule has 0 saturated heterocycles. The van der Waals surface area contributed by atoms with Crippen molar-refractivity contribution in [3.63, 3.8) is 0 Å². The van der Waals surface area contributed by atoms with Gasteiger partial charge in [-0.25, -0.2) is 9.98 Å². The zero-order valence-corrected chi connectivity index (χ0v) is 12.1. The van der Waals surface area contributed by atoms with Gasteiger partial charge in [0.2, 0.25) is 5.88 Å². The van der Waals surface area contributed by atoms with Crippen LogP contribution in [0.3, 0.4) is 0 Å². The Morgan fingerprint density at radius 3 is 2.95 bits per heavy atom. The summed E-state index contributed by atoms with van der Waals surface area (Å²) in [6.45, 7) is 3.46. The Kier molecular flexibility index (Phi) is 5.41. The highest BCUT2D eigenvalue weighted by atomic mass is 16.5. The molecule has 1 aliphatic carbocycles. The average molecular weight is 274 g/mol. The predicted octanol–water partition coefficient (Wildman–Crippen LogP) is 1.86. The van der Waals surface area contributed by atoms with Crippen molar-refractivity contribution < 1.29 is 4.74 Å². The number of guanidine groups is 1. The van der Waals surface area contributed by atoms with Crippen LogP contribution in [0.1, 0.15) is 25.3 Å². The summed E-state index contributed by atoms with van der Waals surface area (Å²) < 4.78 is 5.24. The van der Waals surface area contributed by atoms with E-state index in [9.17, 15) is 0 Å². The van der Waals surface area contributed by atoms with E-state index in [-0.39, 0.29) is 0 Å². The van der Waals surface area contributed by atoms with Crippen LogP contribution in [0.5, 0.6) is 5.88 Å². The molecule has 0 amide bonds. The molecular weight excluding hydrogens is 252 g/mol. The first-order chi connectivity index (χ1) is 9.83. The molecule has 5 heteroatoms. The third-order valence-corrected chi connectivity index (χ3v) is 3.14. The number of hydrogen-bond acceptors (Lipinski definition) is 3. The summed E-state index contributed by atoms with van der Waals surface area (Å²) in [4.78, 5) is 8.78. The van der Waals surface area contributed by atoms with E-state index >= 15 is 0 Å². The highest BCUT2D eigenvalue weighted by Gasteiger charge is 2.11. The molecule has 0 saturated carbocycles. The third kappa shape index (κ3) is 3.98. The Morgan fingerprint density at radius 1 is 1.45 bits per heavy atom. The van der Waals surface area contributed by atoms with E-state index in [4.69, 9.17) is 4.74 Å². The summed E-state index contributed by atoms with van der Waals surface area (Å²) in [5.41, 5.74) is 0.983. The summed E-state index contributed by atoms with van der Waals surface area (Å²) in [7, 11) is 1.63. The fourth-order valence-corrected chi connectivity index (χ4v) is 2.14. The average Bonchev–Trinajstić information content (AvgIpc) is 2.98. The number of nitrogens with one attached hydrogen (secondary N) is 2. The van der Waals surface area contributed by atoms with Crippen LogP contribution in [0, 0.1) is 0 Å². The fraction of sp³-hybridized carbons (Fsp3) is 0.467. The molecular formula is C15H22N4O. The molecule has 0 atom stereocenters. The van der Waals surface area contributed by atoms with Crippen LogP contribution in [0.25, 0.3) is 0 Å². The molecule has 0 aromatic carbocycles. The van der Waals surface area contributed by atoms with Gasteiger partial charge in [0, 0.05) is 24.3 Å². The molecule has 1 aliphatic rings.